The van der Waals surface area contributed by atoms with Crippen LogP contribution in [-0.2, 0) is 11.2 Å². The fourth-order valence-electron chi connectivity index (χ4n) is 2.73. The molecular weight excluding hydrogens is 262 g/mol. The molecule has 1 aromatic rings. The summed E-state index contributed by atoms with van der Waals surface area (Å²) in [6, 6.07) is 3.72. The molecule has 0 bridgehead atoms. The van der Waals surface area contributed by atoms with E-state index in [1.807, 2.05) is 12.1 Å². The van der Waals surface area contributed by atoms with Crippen LogP contribution >= 0.6 is 11.6 Å². The first-order chi connectivity index (χ1) is 9.10. The smallest absolute Gasteiger partial charge is 0.246 e. The van der Waals surface area contributed by atoms with Gasteiger partial charge in [-0.2, -0.15) is 0 Å². The quantitative estimate of drug-likeness (QED) is 0.794. The summed E-state index contributed by atoms with van der Waals surface area (Å²) < 4.78 is 5.40. The van der Waals surface area contributed by atoms with E-state index in [-0.39, 0.29) is 11.9 Å². The summed E-state index contributed by atoms with van der Waals surface area (Å²) in [6.45, 7) is 3.54. The number of methoxy groups -OCH3 is 1. The number of nitrogens with zero attached hydrogens (tertiary/aromatic N) is 1. The first-order valence-electron chi connectivity index (χ1n) is 6.34. The number of likely N-dealkylation sites (N-methyl/N-ethyl adjacent to an activating group) is 1. The largest absolute Gasteiger partial charge is 0.496 e. The van der Waals surface area contributed by atoms with E-state index in [1.165, 1.54) is 6.08 Å². The number of benzene rings is 1. The van der Waals surface area contributed by atoms with Crippen molar-refractivity contribution in [1.82, 2.24) is 4.90 Å². The van der Waals surface area contributed by atoms with Crippen molar-refractivity contribution < 1.29 is 9.53 Å². The highest BCUT2D eigenvalue weighted by molar-refractivity contribution is 6.31. The zero-order chi connectivity index (χ0) is 14.0. The molecule has 1 aliphatic rings. The van der Waals surface area contributed by atoms with Gasteiger partial charge in [0.05, 0.1) is 13.2 Å². The normalized spacial score (nSPS) is 17.5. The highest BCUT2D eigenvalue weighted by Crippen LogP contribution is 2.42. The first-order valence-corrected chi connectivity index (χ1v) is 6.72. The standard InChI is InChI=1S/C15H18ClNO2/c1-4-14(18)17(2)12-7-5-6-10-13(19-3)9-8-11(16)15(10)12/h4,8-9,12H,1,5-7H2,2-3H3/t12-/m0/s1. The number of carbonyl (C=O) groups is 1. The average molecular weight is 280 g/mol. The maximum absolute atomic E-state index is 11.8. The second kappa shape index (κ2) is 5.66. The lowest BCUT2D eigenvalue weighted by Crippen LogP contribution is -2.32. The lowest BCUT2D eigenvalue weighted by Gasteiger charge is -2.34. The number of amides is 1. The van der Waals surface area contributed by atoms with Crippen LogP contribution < -0.4 is 4.74 Å². The van der Waals surface area contributed by atoms with E-state index in [1.54, 1.807) is 19.1 Å². The predicted octanol–water partition coefficient (Wildman–Crippen LogP) is 3.37. The van der Waals surface area contributed by atoms with Gasteiger partial charge in [-0.1, -0.05) is 18.2 Å². The topological polar surface area (TPSA) is 29.5 Å². The SMILES string of the molecule is C=CC(=O)N(C)[C@H]1CCCc2c(OC)ccc(Cl)c21. The molecule has 0 saturated heterocycles. The van der Waals surface area contributed by atoms with Crippen molar-refractivity contribution in [2.24, 2.45) is 0 Å². The number of hydrogen-bond acceptors (Lipinski definition) is 2. The van der Waals surface area contributed by atoms with Gasteiger partial charge >= 0.3 is 0 Å². The molecule has 0 fully saturated rings. The van der Waals surface area contributed by atoms with Crippen molar-refractivity contribution in [2.75, 3.05) is 14.2 Å². The molecule has 0 N–H and O–H groups in total. The molecule has 0 heterocycles. The molecule has 0 unspecified atom stereocenters. The van der Waals surface area contributed by atoms with Gasteiger partial charge < -0.3 is 9.64 Å². The maximum atomic E-state index is 11.8. The molecular formula is C15H18ClNO2. The van der Waals surface area contributed by atoms with Gasteiger partial charge in [-0.15, -0.1) is 0 Å². The molecule has 0 spiro atoms. The Morgan fingerprint density at radius 3 is 2.95 bits per heavy atom. The Bertz CT molecular complexity index is 513. The van der Waals surface area contributed by atoms with Gasteiger partial charge in [0.2, 0.25) is 5.91 Å². The van der Waals surface area contributed by atoms with Crippen LogP contribution in [0.4, 0.5) is 0 Å². The second-order valence-corrected chi connectivity index (χ2v) is 5.11. The number of ether oxygens (including phenoxy) is 1. The summed E-state index contributed by atoms with van der Waals surface area (Å²) in [7, 11) is 3.45. The van der Waals surface area contributed by atoms with Gasteiger partial charge in [0.25, 0.3) is 0 Å². The van der Waals surface area contributed by atoms with E-state index in [0.29, 0.717) is 5.02 Å². The molecule has 3 nitrogen and oxygen atoms in total. The summed E-state index contributed by atoms with van der Waals surface area (Å²) >= 11 is 6.34. The van der Waals surface area contributed by atoms with Crippen molar-refractivity contribution in [1.29, 1.82) is 0 Å². The van der Waals surface area contributed by atoms with Gasteiger partial charge in [0, 0.05) is 23.2 Å². The first kappa shape index (κ1) is 13.9. The zero-order valence-corrected chi connectivity index (χ0v) is 12.0. The van der Waals surface area contributed by atoms with E-state index >= 15 is 0 Å². The second-order valence-electron chi connectivity index (χ2n) is 4.70. The van der Waals surface area contributed by atoms with E-state index in [4.69, 9.17) is 16.3 Å². The molecule has 0 aromatic heterocycles. The molecule has 1 atom stereocenters. The third-order valence-corrected chi connectivity index (χ3v) is 4.04. The van der Waals surface area contributed by atoms with Crippen LogP contribution in [0.1, 0.15) is 30.0 Å². The Balaban J connectivity index is 2.49. The third-order valence-electron chi connectivity index (χ3n) is 3.71. The zero-order valence-electron chi connectivity index (χ0n) is 11.3. The van der Waals surface area contributed by atoms with Crippen LogP contribution in [0.3, 0.4) is 0 Å². The van der Waals surface area contributed by atoms with Crippen LogP contribution in [0.25, 0.3) is 0 Å². The van der Waals surface area contributed by atoms with Crippen LogP contribution in [-0.4, -0.2) is 25.0 Å². The molecule has 102 valence electrons. The summed E-state index contributed by atoms with van der Waals surface area (Å²) in [4.78, 5) is 13.5. The van der Waals surface area contributed by atoms with E-state index in [0.717, 1.165) is 36.1 Å². The number of carbonyl (C=O) groups excluding carboxylic acids is 1. The van der Waals surface area contributed by atoms with Gasteiger partial charge in [-0.3, -0.25) is 4.79 Å². The molecule has 2 rings (SSSR count). The van der Waals surface area contributed by atoms with Crippen molar-refractivity contribution in [3.63, 3.8) is 0 Å². The van der Waals surface area contributed by atoms with E-state index in [9.17, 15) is 4.79 Å². The minimum Gasteiger partial charge on any atom is -0.496 e. The van der Waals surface area contributed by atoms with Gasteiger partial charge in [0.1, 0.15) is 5.75 Å². The molecule has 0 saturated carbocycles. The maximum Gasteiger partial charge on any atom is 0.246 e. The lowest BCUT2D eigenvalue weighted by atomic mass is 9.86. The van der Waals surface area contributed by atoms with Gasteiger partial charge in [-0.05, 0) is 37.5 Å². The highest BCUT2D eigenvalue weighted by atomic mass is 35.5. The fraction of sp³-hybridized carbons (Fsp3) is 0.400. The summed E-state index contributed by atoms with van der Waals surface area (Å²) in [6.07, 6.45) is 4.20. The summed E-state index contributed by atoms with van der Waals surface area (Å²) in [5, 5.41) is 0.698. The number of fused-ring (bicyclic) bond motifs is 1. The van der Waals surface area contributed by atoms with Crippen LogP contribution in [0.2, 0.25) is 5.02 Å². The predicted molar refractivity (Wildman–Crippen MR) is 76.7 cm³/mol. The Morgan fingerprint density at radius 2 is 2.32 bits per heavy atom. The Hall–Kier alpha value is -1.48. The average Bonchev–Trinajstić information content (AvgIpc) is 2.45. The van der Waals surface area contributed by atoms with Gasteiger partial charge in [-0.25, -0.2) is 0 Å². The minimum absolute atomic E-state index is 0.00292. The molecule has 1 aliphatic carbocycles. The van der Waals surface area contributed by atoms with Crippen molar-refractivity contribution in [2.45, 2.75) is 25.3 Å². The Labute approximate surface area is 118 Å². The number of halogens is 1. The third kappa shape index (κ3) is 2.47. The fourth-order valence-corrected chi connectivity index (χ4v) is 3.03. The molecule has 0 radical (unpaired) electrons. The molecule has 1 aromatic carbocycles. The Kier molecular flexibility index (Phi) is 4.15. The number of rotatable bonds is 3. The van der Waals surface area contributed by atoms with Gasteiger partial charge in [0.15, 0.2) is 0 Å². The highest BCUT2D eigenvalue weighted by Gasteiger charge is 2.29. The van der Waals surface area contributed by atoms with E-state index in [2.05, 4.69) is 6.58 Å². The summed E-state index contributed by atoms with van der Waals surface area (Å²) in [5.41, 5.74) is 2.14. The molecule has 0 aliphatic heterocycles. The van der Waals surface area contributed by atoms with Crippen LogP contribution in [0.15, 0.2) is 24.8 Å². The monoisotopic (exact) mass is 279 g/mol. The molecule has 19 heavy (non-hydrogen) atoms. The molecule has 4 heteroatoms. The number of hydrogen-bond donors (Lipinski definition) is 0. The van der Waals surface area contributed by atoms with Crippen LogP contribution in [0, 0.1) is 0 Å². The summed E-state index contributed by atoms with van der Waals surface area (Å²) in [5.74, 6) is 0.764. The molecule has 1 amide bonds. The van der Waals surface area contributed by atoms with E-state index < -0.39 is 0 Å². The van der Waals surface area contributed by atoms with Crippen molar-refractivity contribution >= 4 is 17.5 Å². The minimum atomic E-state index is -0.0864. The van der Waals surface area contributed by atoms with Crippen LogP contribution in [0.5, 0.6) is 5.75 Å². The van der Waals surface area contributed by atoms with Crippen molar-refractivity contribution in [3.05, 3.63) is 40.9 Å². The van der Waals surface area contributed by atoms with Crippen molar-refractivity contribution in [3.8, 4) is 5.75 Å². The lowest BCUT2D eigenvalue weighted by molar-refractivity contribution is -0.127. The Morgan fingerprint density at radius 1 is 1.58 bits per heavy atom.